The third-order valence-corrected chi connectivity index (χ3v) is 4.13. The maximum Gasteiger partial charge on any atom is 0.410 e. The molecule has 0 aromatic heterocycles. The molecule has 6 nitrogen and oxygen atoms in total. The molecule has 0 saturated carbocycles. The van der Waals surface area contributed by atoms with E-state index in [1.165, 1.54) is 12.1 Å². The number of para-hydroxylation sites is 1. The summed E-state index contributed by atoms with van der Waals surface area (Å²) < 4.78 is 19.2. The Balaban J connectivity index is 2.04. The van der Waals surface area contributed by atoms with E-state index in [9.17, 15) is 14.0 Å². The molecule has 1 saturated heterocycles. The van der Waals surface area contributed by atoms with Crippen LogP contribution >= 0.6 is 0 Å². The average molecular weight is 365 g/mol. The monoisotopic (exact) mass is 365 g/mol. The van der Waals surface area contributed by atoms with E-state index in [0.717, 1.165) is 12.8 Å². The lowest BCUT2D eigenvalue weighted by molar-refractivity contribution is 0.00899. The Labute approximate surface area is 154 Å². The number of rotatable bonds is 3. The van der Waals surface area contributed by atoms with Crippen LogP contribution in [0.4, 0.5) is 19.7 Å². The van der Waals surface area contributed by atoms with Gasteiger partial charge in [-0.05, 0) is 39.3 Å². The molecule has 3 amide bonds. The van der Waals surface area contributed by atoms with Crippen molar-refractivity contribution >= 4 is 17.8 Å². The van der Waals surface area contributed by atoms with Crippen molar-refractivity contribution in [3.8, 4) is 0 Å². The predicted octanol–water partition coefficient (Wildman–Crippen LogP) is 4.08. The summed E-state index contributed by atoms with van der Waals surface area (Å²) in [6.07, 6.45) is 1.26. The average Bonchev–Trinajstić information content (AvgIpc) is 2.55. The molecule has 1 aliphatic rings. The van der Waals surface area contributed by atoms with Gasteiger partial charge in [0, 0.05) is 19.6 Å². The number of urea groups is 1. The Morgan fingerprint density at radius 3 is 2.58 bits per heavy atom. The van der Waals surface area contributed by atoms with Crippen molar-refractivity contribution in [1.82, 2.24) is 9.80 Å². The molecule has 1 fully saturated rings. The van der Waals surface area contributed by atoms with E-state index in [1.54, 1.807) is 21.9 Å². The van der Waals surface area contributed by atoms with Crippen molar-refractivity contribution in [2.24, 2.45) is 0 Å². The minimum atomic E-state index is -0.559. The van der Waals surface area contributed by atoms with Gasteiger partial charge in [0.2, 0.25) is 0 Å². The minimum Gasteiger partial charge on any atom is -0.444 e. The predicted molar refractivity (Wildman–Crippen MR) is 98.6 cm³/mol. The Kier molecular flexibility index (Phi) is 6.45. The number of carbonyl (C=O) groups is 2. The molecule has 1 aromatic rings. The minimum absolute atomic E-state index is 0.131. The molecule has 0 radical (unpaired) electrons. The molecule has 1 heterocycles. The second kappa shape index (κ2) is 8.38. The number of benzene rings is 1. The van der Waals surface area contributed by atoms with Crippen LogP contribution < -0.4 is 5.32 Å². The van der Waals surface area contributed by atoms with Crippen molar-refractivity contribution in [2.75, 3.05) is 25.0 Å². The fraction of sp³-hybridized carbons (Fsp3) is 0.579. The van der Waals surface area contributed by atoms with Gasteiger partial charge in [0.05, 0.1) is 11.7 Å². The number of piperazine rings is 1. The summed E-state index contributed by atoms with van der Waals surface area (Å²) in [4.78, 5) is 28.2. The summed E-state index contributed by atoms with van der Waals surface area (Å²) in [6.45, 7) is 8.68. The number of carbonyl (C=O) groups excluding carboxylic acids is 2. The third-order valence-electron chi connectivity index (χ3n) is 4.13. The highest BCUT2D eigenvalue weighted by molar-refractivity contribution is 5.89. The second-order valence-corrected chi connectivity index (χ2v) is 7.47. The summed E-state index contributed by atoms with van der Waals surface area (Å²) in [5.41, 5.74) is -0.404. The van der Waals surface area contributed by atoms with Gasteiger partial charge in [-0.15, -0.1) is 0 Å². The van der Waals surface area contributed by atoms with E-state index in [2.05, 4.69) is 5.32 Å². The molecule has 2 rings (SSSR count). The third kappa shape index (κ3) is 5.34. The fourth-order valence-electron chi connectivity index (χ4n) is 2.94. The topological polar surface area (TPSA) is 61.9 Å². The second-order valence-electron chi connectivity index (χ2n) is 7.47. The fourth-order valence-corrected chi connectivity index (χ4v) is 2.94. The Morgan fingerprint density at radius 1 is 1.27 bits per heavy atom. The summed E-state index contributed by atoms with van der Waals surface area (Å²) in [6, 6.07) is 5.59. The van der Waals surface area contributed by atoms with Crippen LogP contribution in [-0.4, -0.2) is 53.2 Å². The molecule has 1 unspecified atom stereocenters. The first-order chi connectivity index (χ1) is 12.2. The Morgan fingerprint density at radius 2 is 1.96 bits per heavy atom. The molecule has 7 heteroatoms. The summed E-state index contributed by atoms with van der Waals surface area (Å²) >= 11 is 0. The van der Waals surface area contributed by atoms with Crippen LogP contribution in [0.5, 0.6) is 0 Å². The Hall–Kier alpha value is -2.31. The van der Waals surface area contributed by atoms with Gasteiger partial charge in [-0.1, -0.05) is 25.5 Å². The molecule has 26 heavy (non-hydrogen) atoms. The highest BCUT2D eigenvalue weighted by atomic mass is 19.1. The highest BCUT2D eigenvalue weighted by Gasteiger charge is 2.34. The van der Waals surface area contributed by atoms with E-state index in [4.69, 9.17) is 4.74 Å². The zero-order chi connectivity index (χ0) is 19.3. The molecule has 0 spiro atoms. The van der Waals surface area contributed by atoms with Crippen molar-refractivity contribution in [2.45, 2.75) is 52.2 Å². The molecule has 1 aliphatic heterocycles. The van der Waals surface area contributed by atoms with Gasteiger partial charge in [0.15, 0.2) is 0 Å². The smallest absolute Gasteiger partial charge is 0.410 e. The first kappa shape index (κ1) is 20.0. The molecule has 1 N–H and O–H groups in total. The summed E-state index contributed by atoms with van der Waals surface area (Å²) in [5.74, 6) is -0.472. The molecule has 0 aliphatic carbocycles. The quantitative estimate of drug-likeness (QED) is 0.878. The lowest BCUT2D eigenvalue weighted by atomic mass is 10.1. The van der Waals surface area contributed by atoms with Crippen LogP contribution in [0, 0.1) is 5.82 Å². The number of hydrogen-bond acceptors (Lipinski definition) is 3. The van der Waals surface area contributed by atoms with Crippen LogP contribution in [0.25, 0.3) is 0 Å². The van der Waals surface area contributed by atoms with Gasteiger partial charge in [0.25, 0.3) is 0 Å². The number of halogens is 1. The lowest BCUT2D eigenvalue weighted by Gasteiger charge is -2.41. The molecular formula is C19H28FN3O3. The maximum atomic E-state index is 13.8. The first-order valence-corrected chi connectivity index (χ1v) is 9.01. The summed E-state index contributed by atoms with van der Waals surface area (Å²) in [5, 5.41) is 2.63. The molecule has 1 atom stereocenters. The molecule has 1 aromatic carbocycles. The molecular weight excluding hydrogens is 337 g/mol. The standard InChI is InChI=1S/C19H28FN3O3/c1-5-8-14-13-22(18(25)26-19(2,3)4)11-12-23(14)17(24)21-16-10-7-6-9-15(16)20/h6-7,9-10,14H,5,8,11-13H2,1-4H3,(H,21,24). The van der Waals surface area contributed by atoms with Gasteiger partial charge >= 0.3 is 12.1 Å². The van der Waals surface area contributed by atoms with E-state index < -0.39 is 11.4 Å². The zero-order valence-corrected chi connectivity index (χ0v) is 15.9. The number of anilines is 1. The van der Waals surface area contributed by atoms with Crippen LogP contribution in [0.1, 0.15) is 40.5 Å². The van der Waals surface area contributed by atoms with Gasteiger partial charge in [-0.2, -0.15) is 0 Å². The SMILES string of the molecule is CCCC1CN(C(=O)OC(C)(C)C)CCN1C(=O)Nc1ccccc1F. The number of hydrogen-bond donors (Lipinski definition) is 1. The number of ether oxygens (including phenoxy) is 1. The van der Waals surface area contributed by atoms with Crippen molar-refractivity contribution < 1.29 is 18.7 Å². The van der Waals surface area contributed by atoms with Gasteiger partial charge in [0.1, 0.15) is 11.4 Å². The first-order valence-electron chi connectivity index (χ1n) is 9.01. The van der Waals surface area contributed by atoms with Crippen LogP contribution in [0.2, 0.25) is 0 Å². The van der Waals surface area contributed by atoms with Gasteiger partial charge in [-0.25, -0.2) is 14.0 Å². The van der Waals surface area contributed by atoms with E-state index in [1.807, 2.05) is 27.7 Å². The zero-order valence-electron chi connectivity index (χ0n) is 15.9. The van der Waals surface area contributed by atoms with Crippen LogP contribution in [0.3, 0.4) is 0 Å². The van der Waals surface area contributed by atoms with E-state index in [-0.39, 0.29) is 23.9 Å². The van der Waals surface area contributed by atoms with Crippen molar-refractivity contribution in [1.29, 1.82) is 0 Å². The highest BCUT2D eigenvalue weighted by Crippen LogP contribution is 2.20. The lowest BCUT2D eigenvalue weighted by Crippen LogP contribution is -2.58. The van der Waals surface area contributed by atoms with Gasteiger partial charge in [-0.3, -0.25) is 0 Å². The van der Waals surface area contributed by atoms with Crippen molar-refractivity contribution in [3.63, 3.8) is 0 Å². The van der Waals surface area contributed by atoms with E-state index in [0.29, 0.717) is 19.6 Å². The number of amides is 3. The number of nitrogens with one attached hydrogen (secondary N) is 1. The van der Waals surface area contributed by atoms with Gasteiger partial charge < -0.3 is 19.9 Å². The largest absolute Gasteiger partial charge is 0.444 e. The normalized spacial score (nSPS) is 17.8. The van der Waals surface area contributed by atoms with E-state index >= 15 is 0 Å². The molecule has 0 bridgehead atoms. The summed E-state index contributed by atoms with van der Waals surface area (Å²) in [7, 11) is 0. The maximum absolute atomic E-state index is 13.8. The van der Waals surface area contributed by atoms with Crippen molar-refractivity contribution in [3.05, 3.63) is 30.1 Å². The van der Waals surface area contributed by atoms with Crippen LogP contribution in [-0.2, 0) is 4.74 Å². The van der Waals surface area contributed by atoms with Crippen LogP contribution in [0.15, 0.2) is 24.3 Å². The Bertz CT molecular complexity index is 645. The number of nitrogens with zero attached hydrogens (tertiary/aromatic N) is 2. The molecule has 144 valence electrons.